The van der Waals surface area contributed by atoms with Crippen LogP contribution in [0, 0.1) is 0 Å². The number of hydrogen-bond acceptors (Lipinski definition) is 2. The van der Waals surface area contributed by atoms with Gasteiger partial charge in [0.1, 0.15) is 5.60 Å². The molecule has 92 valence electrons. The standard InChI is InChI=1S/C13H16ClNO2/c1-2-3-6-13(17)8-12(16)15-11-5-4-9(14)7-10(11)13/h4-5,7,17H,2-3,6,8H2,1H3,(H,15,16). The summed E-state index contributed by atoms with van der Waals surface area (Å²) in [6, 6.07) is 5.20. The maximum atomic E-state index is 11.6. The number of carbonyl (C=O) groups is 1. The van der Waals surface area contributed by atoms with Crippen molar-refractivity contribution in [3.8, 4) is 0 Å². The van der Waals surface area contributed by atoms with Gasteiger partial charge in [-0.3, -0.25) is 4.79 Å². The molecular formula is C13H16ClNO2. The van der Waals surface area contributed by atoms with Crippen LogP contribution < -0.4 is 5.32 Å². The Kier molecular flexibility index (Phi) is 3.40. The normalized spacial score (nSPS) is 23.1. The highest BCUT2D eigenvalue weighted by molar-refractivity contribution is 6.30. The topological polar surface area (TPSA) is 49.3 Å². The van der Waals surface area contributed by atoms with Gasteiger partial charge in [0.05, 0.1) is 6.42 Å². The van der Waals surface area contributed by atoms with E-state index in [1.807, 2.05) is 0 Å². The molecule has 1 aromatic rings. The van der Waals surface area contributed by atoms with Crippen LogP contribution in [-0.4, -0.2) is 11.0 Å². The van der Waals surface area contributed by atoms with Gasteiger partial charge < -0.3 is 10.4 Å². The van der Waals surface area contributed by atoms with E-state index >= 15 is 0 Å². The molecule has 0 bridgehead atoms. The molecule has 1 amide bonds. The van der Waals surface area contributed by atoms with Crippen molar-refractivity contribution in [1.82, 2.24) is 0 Å². The summed E-state index contributed by atoms with van der Waals surface area (Å²) in [5.74, 6) is -0.140. The van der Waals surface area contributed by atoms with Gasteiger partial charge in [0.2, 0.25) is 5.91 Å². The Balaban J connectivity index is 2.41. The Morgan fingerprint density at radius 1 is 1.53 bits per heavy atom. The van der Waals surface area contributed by atoms with E-state index in [4.69, 9.17) is 11.6 Å². The number of nitrogens with one attached hydrogen (secondary N) is 1. The van der Waals surface area contributed by atoms with Crippen molar-refractivity contribution in [2.75, 3.05) is 5.32 Å². The molecule has 17 heavy (non-hydrogen) atoms. The second-order valence-electron chi connectivity index (χ2n) is 4.55. The molecule has 2 N–H and O–H groups in total. The lowest BCUT2D eigenvalue weighted by atomic mass is 9.82. The number of anilines is 1. The van der Waals surface area contributed by atoms with Gasteiger partial charge in [0.25, 0.3) is 0 Å². The van der Waals surface area contributed by atoms with E-state index in [2.05, 4.69) is 12.2 Å². The van der Waals surface area contributed by atoms with Crippen LogP contribution in [0.3, 0.4) is 0 Å². The summed E-state index contributed by atoms with van der Waals surface area (Å²) >= 11 is 5.95. The lowest BCUT2D eigenvalue weighted by Crippen LogP contribution is -2.37. The average molecular weight is 254 g/mol. The smallest absolute Gasteiger partial charge is 0.227 e. The molecule has 1 aliphatic heterocycles. The summed E-state index contributed by atoms with van der Waals surface area (Å²) in [7, 11) is 0. The molecule has 0 saturated carbocycles. The molecule has 1 atom stereocenters. The highest BCUT2D eigenvalue weighted by Crippen LogP contribution is 2.40. The zero-order valence-corrected chi connectivity index (χ0v) is 10.5. The van der Waals surface area contributed by atoms with Gasteiger partial charge in [0.15, 0.2) is 0 Å². The molecule has 3 nitrogen and oxygen atoms in total. The highest BCUT2D eigenvalue weighted by Gasteiger charge is 2.37. The van der Waals surface area contributed by atoms with Crippen LogP contribution in [0.4, 0.5) is 5.69 Å². The number of aliphatic hydroxyl groups is 1. The van der Waals surface area contributed by atoms with Crippen molar-refractivity contribution in [2.24, 2.45) is 0 Å². The largest absolute Gasteiger partial charge is 0.385 e. The molecule has 2 rings (SSSR count). The third-order valence-electron chi connectivity index (χ3n) is 3.15. The predicted octanol–water partition coefficient (Wildman–Crippen LogP) is 3.06. The van der Waals surface area contributed by atoms with Gasteiger partial charge in [-0.15, -0.1) is 0 Å². The van der Waals surface area contributed by atoms with Crippen LogP contribution in [0.25, 0.3) is 0 Å². The van der Waals surface area contributed by atoms with Crippen molar-refractivity contribution in [2.45, 2.75) is 38.2 Å². The zero-order chi connectivity index (χ0) is 12.5. The second kappa shape index (κ2) is 4.67. The summed E-state index contributed by atoms with van der Waals surface area (Å²) in [4.78, 5) is 11.6. The molecule has 0 fully saturated rings. The first kappa shape index (κ1) is 12.4. The fourth-order valence-electron chi connectivity index (χ4n) is 2.26. The van der Waals surface area contributed by atoms with Crippen molar-refractivity contribution in [1.29, 1.82) is 0 Å². The summed E-state index contributed by atoms with van der Waals surface area (Å²) in [5, 5.41) is 14.0. The first-order chi connectivity index (χ1) is 8.05. The molecule has 0 radical (unpaired) electrons. The molecular weight excluding hydrogens is 238 g/mol. The van der Waals surface area contributed by atoms with Crippen LogP contribution >= 0.6 is 11.6 Å². The molecule has 1 aliphatic rings. The van der Waals surface area contributed by atoms with Gasteiger partial charge in [-0.2, -0.15) is 0 Å². The van der Waals surface area contributed by atoms with E-state index in [0.29, 0.717) is 17.1 Å². The van der Waals surface area contributed by atoms with Crippen LogP contribution in [0.5, 0.6) is 0 Å². The summed E-state index contributed by atoms with van der Waals surface area (Å²) in [6.45, 7) is 2.06. The monoisotopic (exact) mass is 253 g/mol. The van der Waals surface area contributed by atoms with Crippen LogP contribution in [0.1, 0.15) is 38.2 Å². The third kappa shape index (κ3) is 2.45. The maximum absolute atomic E-state index is 11.6. The molecule has 4 heteroatoms. The molecule has 1 heterocycles. The number of fused-ring (bicyclic) bond motifs is 1. The van der Waals surface area contributed by atoms with Gasteiger partial charge in [-0.05, 0) is 24.6 Å². The first-order valence-corrected chi connectivity index (χ1v) is 6.25. The van der Waals surface area contributed by atoms with Crippen molar-refractivity contribution < 1.29 is 9.90 Å². The fourth-order valence-corrected chi connectivity index (χ4v) is 2.43. The van der Waals surface area contributed by atoms with Crippen molar-refractivity contribution in [3.63, 3.8) is 0 Å². The minimum Gasteiger partial charge on any atom is -0.385 e. The second-order valence-corrected chi connectivity index (χ2v) is 4.99. The van der Waals surface area contributed by atoms with Crippen LogP contribution in [0.2, 0.25) is 5.02 Å². The first-order valence-electron chi connectivity index (χ1n) is 5.87. The van der Waals surface area contributed by atoms with Gasteiger partial charge in [-0.1, -0.05) is 31.4 Å². The van der Waals surface area contributed by atoms with E-state index in [1.165, 1.54) is 0 Å². The molecule has 1 aromatic carbocycles. The summed E-state index contributed by atoms with van der Waals surface area (Å²) in [6.07, 6.45) is 2.57. The van der Waals surface area contributed by atoms with Crippen molar-refractivity contribution in [3.05, 3.63) is 28.8 Å². The highest BCUT2D eigenvalue weighted by atomic mass is 35.5. The van der Waals surface area contributed by atoms with Crippen molar-refractivity contribution >= 4 is 23.2 Å². The molecule has 1 unspecified atom stereocenters. The molecule has 0 saturated heterocycles. The SMILES string of the molecule is CCCCC1(O)CC(=O)Nc2ccc(Cl)cc21. The van der Waals surface area contributed by atoms with Gasteiger partial charge in [-0.25, -0.2) is 0 Å². The van der Waals surface area contributed by atoms with Gasteiger partial charge in [0, 0.05) is 16.3 Å². The Morgan fingerprint density at radius 2 is 2.29 bits per heavy atom. The number of hydrogen-bond donors (Lipinski definition) is 2. The Labute approximate surface area is 106 Å². The van der Waals surface area contributed by atoms with E-state index < -0.39 is 5.60 Å². The molecule has 0 spiro atoms. The molecule has 0 aliphatic carbocycles. The lowest BCUT2D eigenvalue weighted by Gasteiger charge is -2.34. The Morgan fingerprint density at radius 3 is 3.00 bits per heavy atom. The van der Waals surface area contributed by atoms with E-state index in [1.54, 1.807) is 18.2 Å². The number of benzene rings is 1. The van der Waals surface area contributed by atoms with Crippen LogP contribution in [-0.2, 0) is 10.4 Å². The summed E-state index contributed by atoms with van der Waals surface area (Å²) < 4.78 is 0. The van der Waals surface area contributed by atoms with Crippen LogP contribution in [0.15, 0.2) is 18.2 Å². The third-order valence-corrected chi connectivity index (χ3v) is 3.39. The minimum absolute atomic E-state index is 0.111. The number of carbonyl (C=O) groups excluding carboxylic acids is 1. The number of halogens is 1. The van der Waals surface area contributed by atoms with E-state index in [-0.39, 0.29) is 12.3 Å². The van der Waals surface area contributed by atoms with E-state index in [0.717, 1.165) is 18.4 Å². The number of amides is 1. The number of unbranched alkanes of at least 4 members (excludes halogenated alkanes) is 1. The van der Waals surface area contributed by atoms with E-state index in [9.17, 15) is 9.90 Å². The average Bonchev–Trinajstić information content (AvgIpc) is 2.28. The lowest BCUT2D eigenvalue weighted by molar-refractivity contribution is -0.122. The molecule has 0 aromatic heterocycles. The maximum Gasteiger partial charge on any atom is 0.227 e. The number of rotatable bonds is 3. The fraction of sp³-hybridized carbons (Fsp3) is 0.462. The Bertz CT molecular complexity index is 447. The zero-order valence-electron chi connectivity index (χ0n) is 9.79. The summed E-state index contributed by atoms with van der Waals surface area (Å²) in [5.41, 5.74) is 0.334. The Hall–Kier alpha value is -1.06. The van der Waals surface area contributed by atoms with Gasteiger partial charge >= 0.3 is 0 Å². The minimum atomic E-state index is -1.07. The quantitative estimate of drug-likeness (QED) is 0.870. The predicted molar refractivity (Wildman–Crippen MR) is 68.1 cm³/mol.